The minimum atomic E-state index is -5.71. The van der Waals surface area contributed by atoms with Crippen molar-refractivity contribution in [2.45, 2.75) is 82.1 Å². The fraction of sp³-hybridized carbons (Fsp3) is 1.00. The standard InChI is InChI=1S/C14H32O18P4/c1-3-5-7-14(15)12(28-8-6-4-2)10(30-34(19,20)21)9(29-33(16,17)18)11(31-35(22,23)24)13(14)32-36(25,26)27/h9-13,15H,3-8H2,1-2H3,(H2,16,17,18)(H2,19,20,21)(H2,22,23,24)(H2,25,26,27)/t9-,10-,11+,12+,13-,14+/m0/s1. The second kappa shape index (κ2) is 13.1. The van der Waals surface area contributed by atoms with Gasteiger partial charge in [-0.25, -0.2) is 18.3 Å². The largest absolute Gasteiger partial charge is 0.470 e. The van der Waals surface area contributed by atoms with Crippen LogP contribution in [0, 0.1) is 0 Å². The molecular weight excluding hydrogens is 580 g/mol. The summed E-state index contributed by atoms with van der Waals surface area (Å²) in [5.74, 6) is 0. The van der Waals surface area contributed by atoms with E-state index in [0.29, 0.717) is 12.8 Å². The highest BCUT2D eigenvalue weighted by molar-refractivity contribution is 7.47. The average molecular weight is 612 g/mol. The molecule has 0 unspecified atom stereocenters. The number of hydrogen-bond acceptors (Lipinski definition) is 10. The average Bonchev–Trinajstić information content (AvgIpc) is 2.65. The van der Waals surface area contributed by atoms with Gasteiger partial charge in [-0.15, -0.1) is 0 Å². The molecular formula is C14H32O18P4. The molecule has 0 saturated heterocycles. The normalized spacial score (nSPS) is 30.5. The fourth-order valence-corrected chi connectivity index (χ4v) is 5.98. The van der Waals surface area contributed by atoms with Crippen molar-refractivity contribution in [1.29, 1.82) is 0 Å². The first-order valence-electron chi connectivity index (χ1n) is 10.4. The summed E-state index contributed by atoms with van der Waals surface area (Å²) in [6.45, 7) is 3.09. The summed E-state index contributed by atoms with van der Waals surface area (Å²) >= 11 is 0. The van der Waals surface area contributed by atoms with Gasteiger partial charge in [-0.3, -0.25) is 18.1 Å². The number of hydrogen-bond donors (Lipinski definition) is 9. The van der Waals surface area contributed by atoms with E-state index in [-0.39, 0.29) is 19.4 Å². The van der Waals surface area contributed by atoms with E-state index in [0.717, 1.165) is 0 Å². The van der Waals surface area contributed by atoms with Crippen LogP contribution in [0.3, 0.4) is 0 Å². The van der Waals surface area contributed by atoms with E-state index in [4.69, 9.17) is 4.74 Å². The van der Waals surface area contributed by atoms with Gasteiger partial charge in [-0.1, -0.05) is 33.1 Å². The topological polar surface area (TPSA) is 296 Å². The van der Waals surface area contributed by atoms with Crippen LogP contribution in [0.5, 0.6) is 0 Å². The molecule has 0 aromatic heterocycles. The number of phosphoric ester groups is 4. The first-order valence-corrected chi connectivity index (χ1v) is 16.6. The minimum Gasteiger partial charge on any atom is -0.384 e. The van der Waals surface area contributed by atoms with Gasteiger partial charge in [0.2, 0.25) is 0 Å². The van der Waals surface area contributed by atoms with Crippen LogP contribution in [0.1, 0.15) is 46.0 Å². The maximum Gasteiger partial charge on any atom is 0.470 e. The Morgan fingerprint density at radius 1 is 0.611 bits per heavy atom. The molecule has 9 N–H and O–H groups in total. The Kier molecular flexibility index (Phi) is 12.6. The van der Waals surface area contributed by atoms with E-state index >= 15 is 0 Å². The Morgan fingerprint density at radius 2 is 1.00 bits per heavy atom. The van der Waals surface area contributed by atoms with Crippen molar-refractivity contribution in [2.24, 2.45) is 0 Å². The first kappa shape index (κ1) is 34.4. The van der Waals surface area contributed by atoms with Crippen LogP contribution in [0.15, 0.2) is 0 Å². The van der Waals surface area contributed by atoms with Crippen LogP contribution >= 0.6 is 31.3 Å². The van der Waals surface area contributed by atoms with Gasteiger partial charge in [0.1, 0.15) is 36.1 Å². The van der Waals surface area contributed by atoms with Crippen LogP contribution in [0.4, 0.5) is 0 Å². The predicted molar refractivity (Wildman–Crippen MR) is 117 cm³/mol. The van der Waals surface area contributed by atoms with Gasteiger partial charge in [0.05, 0.1) is 0 Å². The molecule has 0 amide bonds. The predicted octanol–water partition coefficient (Wildman–Crippen LogP) is 0.0182. The lowest BCUT2D eigenvalue weighted by Crippen LogP contribution is -2.72. The molecule has 1 rings (SSSR count). The van der Waals surface area contributed by atoms with Gasteiger partial charge >= 0.3 is 31.3 Å². The van der Waals surface area contributed by atoms with Crippen LogP contribution < -0.4 is 0 Å². The van der Waals surface area contributed by atoms with E-state index in [1.165, 1.54) is 0 Å². The molecule has 0 bridgehead atoms. The van der Waals surface area contributed by atoms with Crippen LogP contribution in [-0.2, 0) is 41.1 Å². The summed E-state index contributed by atoms with van der Waals surface area (Å²) in [7, 11) is -22.6. The lowest BCUT2D eigenvalue weighted by molar-refractivity contribution is -0.268. The SMILES string of the molecule is CCCCO[C@@H]1[C@@H](OP(=O)(O)O)[C@H](OP(=O)(O)O)[C@@H](OP(=O)(O)O)[C@H](OP(=O)(O)O)[C@@]1(O)CCCC. The Morgan fingerprint density at radius 3 is 1.39 bits per heavy atom. The summed E-state index contributed by atoms with van der Waals surface area (Å²) in [6.07, 6.45) is -11.6. The molecule has 0 spiro atoms. The van der Waals surface area contributed by atoms with Crippen LogP contribution in [0.25, 0.3) is 0 Å². The molecule has 1 fully saturated rings. The molecule has 1 saturated carbocycles. The van der Waals surface area contributed by atoms with E-state index in [1.807, 2.05) is 0 Å². The monoisotopic (exact) mass is 612 g/mol. The molecule has 0 heterocycles. The second-order valence-corrected chi connectivity index (χ2v) is 12.7. The molecule has 0 aliphatic heterocycles. The van der Waals surface area contributed by atoms with Crippen molar-refractivity contribution >= 4 is 31.3 Å². The molecule has 0 aromatic rings. The Balaban J connectivity index is 3.94. The molecule has 216 valence electrons. The third-order valence-corrected chi connectivity index (χ3v) is 7.04. The van der Waals surface area contributed by atoms with E-state index in [1.54, 1.807) is 13.8 Å². The maximum absolute atomic E-state index is 11.8. The van der Waals surface area contributed by atoms with Gasteiger partial charge < -0.3 is 49.0 Å². The van der Waals surface area contributed by atoms with Gasteiger partial charge in [0, 0.05) is 6.61 Å². The van der Waals surface area contributed by atoms with Crippen molar-refractivity contribution in [2.75, 3.05) is 6.61 Å². The minimum absolute atomic E-state index is 0.0421. The van der Waals surface area contributed by atoms with Crippen LogP contribution in [0.2, 0.25) is 0 Å². The molecule has 1 aliphatic rings. The van der Waals surface area contributed by atoms with Crippen molar-refractivity contribution in [3.05, 3.63) is 0 Å². The summed E-state index contributed by atoms with van der Waals surface area (Å²) in [4.78, 5) is 75.3. The Hall–Kier alpha value is 0.360. The van der Waals surface area contributed by atoms with Crippen LogP contribution in [-0.4, -0.2) is 87.0 Å². The zero-order valence-corrected chi connectivity index (χ0v) is 22.7. The fourth-order valence-electron chi connectivity index (χ4n) is 3.73. The highest BCUT2D eigenvalue weighted by Crippen LogP contribution is 2.56. The van der Waals surface area contributed by atoms with Gasteiger partial charge in [0.25, 0.3) is 0 Å². The van der Waals surface area contributed by atoms with Crippen molar-refractivity contribution in [3.63, 3.8) is 0 Å². The van der Waals surface area contributed by atoms with Gasteiger partial charge in [0.15, 0.2) is 0 Å². The zero-order chi connectivity index (χ0) is 28.2. The summed E-state index contributed by atoms with van der Waals surface area (Å²) < 4.78 is 70.6. The lowest BCUT2D eigenvalue weighted by atomic mass is 9.72. The molecule has 36 heavy (non-hydrogen) atoms. The van der Waals surface area contributed by atoms with Crippen molar-refractivity contribution < 1.29 is 85.3 Å². The molecule has 0 aromatic carbocycles. The highest BCUT2D eigenvalue weighted by Gasteiger charge is 2.66. The number of ether oxygens (including phenoxy) is 1. The smallest absolute Gasteiger partial charge is 0.384 e. The molecule has 1 aliphatic carbocycles. The van der Waals surface area contributed by atoms with Crippen molar-refractivity contribution in [3.8, 4) is 0 Å². The van der Waals surface area contributed by atoms with Gasteiger partial charge in [-0.2, -0.15) is 0 Å². The lowest BCUT2D eigenvalue weighted by Gasteiger charge is -2.53. The zero-order valence-electron chi connectivity index (χ0n) is 19.1. The molecule has 22 heteroatoms. The summed E-state index contributed by atoms with van der Waals surface area (Å²) in [6, 6.07) is 0. The molecule has 0 radical (unpaired) electrons. The quantitative estimate of drug-likeness (QED) is 0.0869. The summed E-state index contributed by atoms with van der Waals surface area (Å²) in [5.41, 5.74) is -2.75. The third kappa shape index (κ3) is 11.2. The number of rotatable bonds is 15. The molecule has 6 atom stereocenters. The van der Waals surface area contributed by atoms with E-state index < -0.39 is 73.8 Å². The number of aliphatic hydroxyl groups is 1. The maximum atomic E-state index is 11.8. The first-order chi connectivity index (χ1) is 16.1. The van der Waals surface area contributed by atoms with Crippen molar-refractivity contribution in [1.82, 2.24) is 0 Å². The Labute approximate surface area is 205 Å². The Bertz CT molecular complexity index is 890. The van der Waals surface area contributed by atoms with E-state index in [9.17, 15) is 62.5 Å². The highest BCUT2D eigenvalue weighted by atomic mass is 31.2. The third-order valence-electron chi connectivity index (χ3n) is 4.98. The number of phosphoric acid groups is 4. The molecule has 18 nitrogen and oxygen atoms in total. The summed E-state index contributed by atoms with van der Waals surface area (Å²) in [5, 5.41) is 11.6. The second-order valence-electron chi connectivity index (χ2n) is 7.94. The van der Waals surface area contributed by atoms with Gasteiger partial charge in [-0.05, 0) is 12.8 Å². The number of unbranched alkanes of at least 4 members (excludes halogenated alkanes) is 2. The van der Waals surface area contributed by atoms with E-state index in [2.05, 4.69) is 18.1 Å².